The van der Waals surface area contributed by atoms with Gasteiger partial charge in [-0.3, -0.25) is 4.79 Å². The molecule has 0 radical (unpaired) electrons. The van der Waals surface area contributed by atoms with E-state index in [0.717, 1.165) is 16.7 Å². The van der Waals surface area contributed by atoms with Gasteiger partial charge in [0.05, 0.1) is 12.2 Å². The molecule has 0 atom stereocenters. The molecule has 2 aromatic heterocycles. The largest absolute Gasteiger partial charge is 0.491 e. The van der Waals surface area contributed by atoms with E-state index < -0.39 is 5.91 Å². The van der Waals surface area contributed by atoms with Gasteiger partial charge in [-0.25, -0.2) is 4.98 Å². The molecule has 0 aliphatic carbocycles. The normalized spacial score (nSPS) is 11.3. The molecule has 0 unspecified atom stereocenters. The molecule has 2 N–H and O–H groups in total. The van der Waals surface area contributed by atoms with Gasteiger partial charge in [-0.15, -0.1) is 10.2 Å². The number of benzene rings is 2. The van der Waals surface area contributed by atoms with Crippen LogP contribution >= 0.6 is 11.6 Å². The summed E-state index contributed by atoms with van der Waals surface area (Å²) < 4.78 is 11.5. The standard InChI is InChI=1S/C27H28ClN5O3/c1-27(2,3)36-14-13-35-20-9-10-22(28)21(17-20)19-11-12-29-23(16-19)31-26(34)25-30-24(32-33-25)15-18-7-5-4-6-8-18/h4-12,16-17H,13-15H2,1-3H3,(H,29,31,34)(H,30,32,33). The second-order valence-electron chi connectivity index (χ2n) is 9.12. The fraction of sp³-hybridized carbons (Fsp3) is 0.259. The van der Waals surface area contributed by atoms with Crippen molar-refractivity contribution in [1.82, 2.24) is 20.2 Å². The van der Waals surface area contributed by atoms with Crippen LogP contribution in [0.4, 0.5) is 5.82 Å². The second-order valence-corrected chi connectivity index (χ2v) is 9.52. The van der Waals surface area contributed by atoms with Crippen LogP contribution in [0.25, 0.3) is 11.1 Å². The Labute approximate surface area is 215 Å². The van der Waals surface area contributed by atoms with Gasteiger partial charge < -0.3 is 19.8 Å². The van der Waals surface area contributed by atoms with Gasteiger partial charge in [0.1, 0.15) is 24.0 Å². The summed E-state index contributed by atoms with van der Waals surface area (Å²) in [6, 6.07) is 18.8. The summed E-state index contributed by atoms with van der Waals surface area (Å²) >= 11 is 6.46. The Bertz CT molecular complexity index is 1320. The molecule has 36 heavy (non-hydrogen) atoms. The summed E-state index contributed by atoms with van der Waals surface area (Å²) in [4.78, 5) is 19.9. The minimum atomic E-state index is -0.437. The lowest BCUT2D eigenvalue weighted by molar-refractivity contribution is -0.0162. The van der Waals surface area contributed by atoms with Crippen molar-refractivity contribution in [1.29, 1.82) is 0 Å². The number of anilines is 1. The molecule has 1 amide bonds. The van der Waals surface area contributed by atoms with Crippen LogP contribution in [0.2, 0.25) is 5.02 Å². The first-order valence-electron chi connectivity index (χ1n) is 11.6. The summed E-state index contributed by atoms with van der Waals surface area (Å²) in [5.41, 5.74) is 2.39. The number of hydrogen-bond donors (Lipinski definition) is 2. The summed E-state index contributed by atoms with van der Waals surface area (Å²) in [5.74, 6) is 1.30. The van der Waals surface area contributed by atoms with E-state index >= 15 is 0 Å². The van der Waals surface area contributed by atoms with E-state index in [4.69, 9.17) is 21.1 Å². The van der Waals surface area contributed by atoms with Crippen LogP contribution in [-0.2, 0) is 11.2 Å². The predicted molar refractivity (Wildman–Crippen MR) is 139 cm³/mol. The van der Waals surface area contributed by atoms with Crippen molar-refractivity contribution in [2.75, 3.05) is 18.5 Å². The second kappa shape index (κ2) is 11.3. The molecule has 4 aromatic rings. The lowest BCUT2D eigenvalue weighted by Gasteiger charge is -2.19. The van der Waals surface area contributed by atoms with Gasteiger partial charge in [-0.1, -0.05) is 41.9 Å². The lowest BCUT2D eigenvalue weighted by Crippen LogP contribution is -2.22. The molecule has 2 aromatic carbocycles. The number of carbonyl (C=O) groups is 1. The van der Waals surface area contributed by atoms with E-state index in [1.807, 2.05) is 69.3 Å². The zero-order chi connectivity index (χ0) is 25.5. The highest BCUT2D eigenvalue weighted by Gasteiger charge is 2.15. The summed E-state index contributed by atoms with van der Waals surface area (Å²) in [6.07, 6.45) is 2.15. The Morgan fingerprint density at radius 1 is 1.03 bits per heavy atom. The van der Waals surface area contributed by atoms with Gasteiger partial charge in [0, 0.05) is 23.2 Å². The fourth-order valence-corrected chi connectivity index (χ4v) is 3.66. The first-order chi connectivity index (χ1) is 17.3. The molecule has 0 aliphatic rings. The smallest absolute Gasteiger partial charge is 0.294 e. The number of pyridine rings is 1. The van der Waals surface area contributed by atoms with Crippen LogP contribution in [0.15, 0.2) is 66.9 Å². The first kappa shape index (κ1) is 25.3. The topological polar surface area (TPSA) is 102 Å². The molecule has 0 bridgehead atoms. The molecule has 9 heteroatoms. The molecule has 0 spiro atoms. The summed E-state index contributed by atoms with van der Waals surface area (Å²) in [5, 5.41) is 11.4. The molecule has 0 fully saturated rings. The van der Waals surface area contributed by atoms with Crippen LogP contribution in [0.5, 0.6) is 5.75 Å². The highest BCUT2D eigenvalue weighted by Crippen LogP contribution is 2.32. The minimum absolute atomic E-state index is 0.110. The van der Waals surface area contributed by atoms with E-state index in [0.29, 0.717) is 42.0 Å². The molecule has 2 heterocycles. The van der Waals surface area contributed by atoms with Crippen LogP contribution in [0.1, 0.15) is 42.8 Å². The Morgan fingerprint density at radius 2 is 1.83 bits per heavy atom. The number of aromatic amines is 1. The maximum absolute atomic E-state index is 12.7. The average molecular weight is 506 g/mol. The van der Waals surface area contributed by atoms with Crippen LogP contribution in [-0.4, -0.2) is 44.9 Å². The Morgan fingerprint density at radius 3 is 2.61 bits per heavy atom. The Balaban J connectivity index is 1.42. The monoisotopic (exact) mass is 505 g/mol. The van der Waals surface area contributed by atoms with Crippen molar-refractivity contribution < 1.29 is 14.3 Å². The van der Waals surface area contributed by atoms with E-state index in [1.165, 1.54) is 0 Å². The third-order valence-electron chi connectivity index (χ3n) is 5.10. The number of ether oxygens (including phenoxy) is 2. The average Bonchev–Trinajstić information content (AvgIpc) is 3.32. The van der Waals surface area contributed by atoms with Gasteiger partial charge >= 0.3 is 0 Å². The maximum Gasteiger partial charge on any atom is 0.294 e. The molecule has 186 valence electrons. The zero-order valence-electron chi connectivity index (χ0n) is 20.4. The van der Waals surface area contributed by atoms with Crippen LogP contribution in [0.3, 0.4) is 0 Å². The molecule has 0 saturated carbocycles. The van der Waals surface area contributed by atoms with E-state index in [1.54, 1.807) is 18.3 Å². The van der Waals surface area contributed by atoms with Crippen molar-refractivity contribution in [3.05, 3.63) is 89.1 Å². The van der Waals surface area contributed by atoms with Gasteiger partial charge in [0.25, 0.3) is 5.91 Å². The number of nitrogens with one attached hydrogen (secondary N) is 2. The Hall–Kier alpha value is -3.75. The number of rotatable bonds is 9. The molecule has 0 aliphatic heterocycles. The van der Waals surface area contributed by atoms with Crippen molar-refractivity contribution in [2.24, 2.45) is 0 Å². The number of halogens is 1. The third kappa shape index (κ3) is 7.13. The molecule has 4 rings (SSSR count). The Kier molecular flexibility index (Phi) is 7.97. The van der Waals surface area contributed by atoms with E-state index in [9.17, 15) is 4.79 Å². The molecular weight excluding hydrogens is 478 g/mol. The van der Waals surface area contributed by atoms with E-state index in [-0.39, 0.29) is 11.4 Å². The molecule has 8 nitrogen and oxygen atoms in total. The number of amides is 1. The zero-order valence-corrected chi connectivity index (χ0v) is 21.2. The van der Waals surface area contributed by atoms with Crippen LogP contribution < -0.4 is 10.1 Å². The fourth-order valence-electron chi connectivity index (χ4n) is 3.43. The van der Waals surface area contributed by atoms with Crippen molar-refractivity contribution in [3.8, 4) is 16.9 Å². The highest BCUT2D eigenvalue weighted by molar-refractivity contribution is 6.33. The SMILES string of the molecule is CC(C)(C)OCCOc1ccc(Cl)c(-c2ccnc(NC(=O)c3nnc(Cc4ccccc4)[nH]3)c2)c1. The number of nitrogens with zero attached hydrogens (tertiary/aromatic N) is 3. The summed E-state index contributed by atoms with van der Waals surface area (Å²) in [6.45, 7) is 6.89. The summed E-state index contributed by atoms with van der Waals surface area (Å²) in [7, 11) is 0. The van der Waals surface area contributed by atoms with Gasteiger partial charge in [-0.2, -0.15) is 0 Å². The minimum Gasteiger partial charge on any atom is -0.491 e. The van der Waals surface area contributed by atoms with Crippen LogP contribution in [0, 0.1) is 0 Å². The lowest BCUT2D eigenvalue weighted by atomic mass is 10.1. The number of aromatic nitrogens is 4. The quantitative estimate of drug-likeness (QED) is 0.289. The third-order valence-corrected chi connectivity index (χ3v) is 5.43. The van der Waals surface area contributed by atoms with Gasteiger partial charge in [0.2, 0.25) is 5.82 Å². The predicted octanol–water partition coefficient (Wildman–Crippen LogP) is 5.56. The number of carbonyl (C=O) groups excluding carboxylic acids is 1. The number of H-pyrrole nitrogens is 1. The maximum atomic E-state index is 12.7. The molecule has 0 saturated heterocycles. The van der Waals surface area contributed by atoms with Crippen molar-refractivity contribution >= 4 is 23.3 Å². The van der Waals surface area contributed by atoms with E-state index in [2.05, 4.69) is 25.5 Å². The van der Waals surface area contributed by atoms with Crippen molar-refractivity contribution in [2.45, 2.75) is 32.8 Å². The highest BCUT2D eigenvalue weighted by atomic mass is 35.5. The number of hydrogen-bond acceptors (Lipinski definition) is 6. The molecular formula is C27H28ClN5O3. The first-order valence-corrected chi connectivity index (χ1v) is 11.9. The van der Waals surface area contributed by atoms with Gasteiger partial charge in [-0.05, 0) is 62.2 Å². The van der Waals surface area contributed by atoms with Crippen molar-refractivity contribution in [3.63, 3.8) is 0 Å². The van der Waals surface area contributed by atoms with Gasteiger partial charge in [0.15, 0.2) is 0 Å².